The van der Waals surface area contributed by atoms with Crippen molar-refractivity contribution < 1.29 is 4.79 Å². The van der Waals surface area contributed by atoms with Crippen LogP contribution < -0.4 is 4.72 Å². The molecule has 4 rings (SSSR count). The molecule has 0 aliphatic heterocycles. The van der Waals surface area contributed by atoms with E-state index in [-0.39, 0.29) is 5.78 Å². The topological polar surface area (TPSA) is 44.1 Å². The van der Waals surface area contributed by atoms with Crippen molar-refractivity contribution in [1.29, 1.82) is 0 Å². The second-order valence-electron chi connectivity index (χ2n) is 6.56. The second-order valence-corrected chi connectivity index (χ2v) is 7.34. The first-order valence-electron chi connectivity index (χ1n) is 9.31. The van der Waals surface area contributed by atoms with Crippen LogP contribution in [0.5, 0.6) is 0 Å². The molecule has 4 aromatic rings. The van der Waals surface area contributed by atoms with E-state index in [0.717, 1.165) is 33.0 Å². The second kappa shape index (κ2) is 8.76. The van der Waals surface area contributed by atoms with Crippen molar-refractivity contribution in [3.63, 3.8) is 0 Å². The third-order valence-electron chi connectivity index (χ3n) is 4.55. The fraction of sp³-hybridized carbons (Fsp3) is 0.0400. The average Bonchev–Trinajstić information content (AvgIpc) is 2.79. The average molecular weight is 396 g/mol. The van der Waals surface area contributed by atoms with Gasteiger partial charge in [-0.25, -0.2) is 9.71 Å². The zero-order chi connectivity index (χ0) is 20.1. The number of hydrogen-bond donors (Lipinski definition) is 0. The SMILES string of the molecule is CC(=O)c1cc(-c2ccccc2)c([N]Sc2ccccn2)c(-c2ccccc2)c1. The van der Waals surface area contributed by atoms with Crippen molar-refractivity contribution >= 4 is 23.4 Å². The number of aromatic nitrogens is 1. The van der Waals surface area contributed by atoms with Crippen LogP contribution in [0.2, 0.25) is 0 Å². The van der Waals surface area contributed by atoms with Crippen LogP contribution in [-0.4, -0.2) is 10.8 Å². The molecule has 4 heteroatoms. The number of nitrogens with zero attached hydrogens (tertiary/aromatic N) is 2. The fourth-order valence-corrected chi connectivity index (χ4v) is 3.73. The number of ketones is 1. The highest BCUT2D eigenvalue weighted by molar-refractivity contribution is 7.97. The predicted octanol–water partition coefficient (Wildman–Crippen LogP) is 6.56. The molecule has 3 aromatic carbocycles. The number of Topliss-reactive ketones (excluding diaryl/α,β-unsaturated/α-hetero) is 1. The van der Waals surface area contributed by atoms with E-state index >= 15 is 0 Å². The summed E-state index contributed by atoms with van der Waals surface area (Å²) in [5.74, 6) is 0.0308. The highest BCUT2D eigenvalue weighted by Crippen LogP contribution is 2.40. The summed E-state index contributed by atoms with van der Waals surface area (Å²) in [5, 5.41) is 0.821. The highest BCUT2D eigenvalue weighted by atomic mass is 32.2. The summed E-state index contributed by atoms with van der Waals surface area (Å²) in [6.07, 6.45) is 1.76. The van der Waals surface area contributed by atoms with Crippen molar-refractivity contribution in [2.45, 2.75) is 11.9 Å². The molecule has 0 N–H and O–H groups in total. The molecule has 29 heavy (non-hydrogen) atoms. The molecule has 1 aromatic heterocycles. The van der Waals surface area contributed by atoms with E-state index in [9.17, 15) is 4.79 Å². The molecule has 0 saturated carbocycles. The lowest BCUT2D eigenvalue weighted by atomic mass is 9.92. The monoisotopic (exact) mass is 395 g/mol. The van der Waals surface area contributed by atoms with Gasteiger partial charge in [0.1, 0.15) is 5.03 Å². The van der Waals surface area contributed by atoms with Crippen LogP contribution in [0.15, 0.2) is 102 Å². The lowest BCUT2D eigenvalue weighted by Gasteiger charge is -2.16. The van der Waals surface area contributed by atoms with E-state index in [2.05, 4.69) is 4.98 Å². The Labute approximate surface area is 175 Å². The van der Waals surface area contributed by atoms with Gasteiger partial charge in [0, 0.05) is 34.8 Å². The summed E-state index contributed by atoms with van der Waals surface area (Å²) in [7, 11) is 0. The zero-order valence-electron chi connectivity index (χ0n) is 15.9. The quantitative estimate of drug-likeness (QED) is 0.274. The maximum Gasteiger partial charge on any atom is 0.159 e. The molecule has 0 atom stereocenters. The van der Waals surface area contributed by atoms with Gasteiger partial charge in [-0.3, -0.25) is 4.79 Å². The van der Waals surface area contributed by atoms with Crippen LogP contribution in [0.1, 0.15) is 17.3 Å². The smallest absolute Gasteiger partial charge is 0.159 e. The van der Waals surface area contributed by atoms with Gasteiger partial charge in [-0.05, 0) is 42.3 Å². The molecule has 0 aliphatic carbocycles. The predicted molar refractivity (Wildman–Crippen MR) is 119 cm³/mol. The van der Waals surface area contributed by atoms with Crippen LogP contribution in [0.3, 0.4) is 0 Å². The Hall–Kier alpha value is -3.37. The highest BCUT2D eigenvalue weighted by Gasteiger charge is 2.17. The van der Waals surface area contributed by atoms with Gasteiger partial charge in [-0.15, -0.1) is 0 Å². The van der Waals surface area contributed by atoms with Gasteiger partial charge in [0.25, 0.3) is 0 Å². The van der Waals surface area contributed by atoms with Crippen LogP contribution in [0, 0.1) is 0 Å². The first-order valence-corrected chi connectivity index (χ1v) is 10.1. The molecule has 0 unspecified atom stereocenters. The van der Waals surface area contributed by atoms with E-state index in [4.69, 9.17) is 4.72 Å². The molecule has 0 aliphatic rings. The summed E-state index contributed by atoms with van der Waals surface area (Å²) in [6.45, 7) is 1.60. The first kappa shape index (κ1) is 19.0. The Morgan fingerprint density at radius 3 is 1.83 bits per heavy atom. The van der Waals surface area contributed by atoms with Crippen molar-refractivity contribution in [3.8, 4) is 22.3 Å². The molecule has 1 radical (unpaired) electrons. The Kier molecular flexibility index (Phi) is 5.73. The van der Waals surface area contributed by atoms with Gasteiger partial charge in [0.2, 0.25) is 0 Å². The summed E-state index contributed by atoms with van der Waals surface area (Å²) in [5.41, 5.74) is 5.41. The summed E-state index contributed by atoms with van der Waals surface area (Å²) >= 11 is 1.33. The van der Waals surface area contributed by atoms with Crippen LogP contribution >= 0.6 is 11.9 Å². The lowest BCUT2D eigenvalue weighted by molar-refractivity contribution is 0.101. The molecule has 0 saturated heterocycles. The Morgan fingerprint density at radius 1 is 0.793 bits per heavy atom. The van der Waals surface area contributed by atoms with Crippen molar-refractivity contribution in [3.05, 3.63) is 103 Å². The Morgan fingerprint density at radius 2 is 1.34 bits per heavy atom. The summed E-state index contributed by atoms with van der Waals surface area (Å²) in [4.78, 5) is 16.6. The van der Waals surface area contributed by atoms with Gasteiger partial charge >= 0.3 is 0 Å². The summed E-state index contributed by atoms with van der Waals surface area (Å²) in [6, 6.07) is 29.7. The largest absolute Gasteiger partial charge is 0.295 e. The number of benzene rings is 3. The number of hydrogen-bond acceptors (Lipinski definition) is 3. The van der Waals surface area contributed by atoms with Crippen LogP contribution in [0.25, 0.3) is 22.3 Å². The molecule has 0 spiro atoms. The number of pyridine rings is 1. The third-order valence-corrected chi connectivity index (χ3v) is 5.26. The number of carbonyl (C=O) groups is 1. The molecule has 0 amide bonds. The molecule has 0 bridgehead atoms. The van der Waals surface area contributed by atoms with Gasteiger partial charge in [-0.2, -0.15) is 0 Å². The van der Waals surface area contributed by atoms with Crippen molar-refractivity contribution in [2.24, 2.45) is 0 Å². The molecular weight excluding hydrogens is 376 g/mol. The van der Waals surface area contributed by atoms with E-state index < -0.39 is 0 Å². The molecule has 0 fully saturated rings. The maximum atomic E-state index is 12.3. The van der Waals surface area contributed by atoms with Crippen molar-refractivity contribution in [1.82, 2.24) is 9.71 Å². The minimum atomic E-state index is 0.0308. The normalized spacial score (nSPS) is 10.5. The molecular formula is C25H19N2OS. The Balaban J connectivity index is 1.89. The fourth-order valence-electron chi connectivity index (χ4n) is 3.11. The van der Waals surface area contributed by atoms with Crippen LogP contribution in [0.4, 0.5) is 5.69 Å². The zero-order valence-corrected chi connectivity index (χ0v) is 16.8. The third kappa shape index (κ3) is 4.39. The molecule has 1 heterocycles. The van der Waals surface area contributed by atoms with Gasteiger partial charge in [0.15, 0.2) is 5.78 Å². The Bertz CT molecular complexity index is 1050. The van der Waals surface area contributed by atoms with E-state index in [1.165, 1.54) is 11.9 Å². The van der Waals surface area contributed by atoms with Gasteiger partial charge in [-0.1, -0.05) is 66.7 Å². The van der Waals surface area contributed by atoms with Gasteiger partial charge < -0.3 is 0 Å². The first-order chi connectivity index (χ1) is 14.2. The van der Waals surface area contributed by atoms with Gasteiger partial charge in [0.05, 0.1) is 5.69 Å². The minimum Gasteiger partial charge on any atom is -0.295 e. The molecule has 141 valence electrons. The maximum absolute atomic E-state index is 12.3. The van der Waals surface area contributed by atoms with E-state index in [0.29, 0.717) is 5.56 Å². The molecule has 3 nitrogen and oxygen atoms in total. The van der Waals surface area contributed by atoms with E-state index in [1.807, 2.05) is 91.0 Å². The van der Waals surface area contributed by atoms with Crippen molar-refractivity contribution in [2.75, 3.05) is 0 Å². The number of carbonyl (C=O) groups excluding carboxylic acids is 1. The standard InChI is InChI=1S/C25H19N2OS/c1-18(28)21-16-22(19-10-4-2-5-11-19)25(27-29-24-14-8-9-15-26-24)23(17-21)20-12-6-3-7-13-20/h2-17H,1H3. The number of rotatable bonds is 6. The minimum absolute atomic E-state index is 0.0308. The van der Waals surface area contributed by atoms with Crippen LogP contribution in [-0.2, 0) is 0 Å². The summed E-state index contributed by atoms with van der Waals surface area (Å²) < 4.78 is 4.87. The van der Waals surface area contributed by atoms with E-state index in [1.54, 1.807) is 13.1 Å². The lowest BCUT2D eigenvalue weighted by Crippen LogP contribution is -2.00.